The Morgan fingerprint density at radius 3 is 2.83 bits per heavy atom. The van der Waals surface area contributed by atoms with E-state index in [0.29, 0.717) is 24.3 Å². The van der Waals surface area contributed by atoms with Gasteiger partial charge in [-0.15, -0.1) is 0 Å². The van der Waals surface area contributed by atoms with Gasteiger partial charge in [-0.3, -0.25) is 9.69 Å². The maximum Gasteiger partial charge on any atom is 0.222 e. The lowest BCUT2D eigenvalue weighted by molar-refractivity contribution is -0.132. The zero-order chi connectivity index (χ0) is 16.1. The molecule has 0 N–H and O–H groups in total. The van der Waals surface area contributed by atoms with Gasteiger partial charge in [-0.1, -0.05) is 0 Å². The van der Waals surface area contributed by atoms with Crippen LogP contribution >= 0.6 is 0 Å². The lowest BCUT2D eigenvalue weighted by Crippen LogP contribution is -2.51. The van der Waals surface area contributed by atoms with Crippen molar-refractivity contribution in [2.24, 2.45) is 5.92 Å². The first-order valence-corrected chi connectivity index (χ1v) is 8.98. The van der Waals surface area contributed by atoms with Gasteiger partial charge in [-0.2, -0.15) is 0 Å². The molecule has 3 aliphatic heterocycles. The first-order chi connectivity index (χ1) is 11.3. The van der Waals surface area contributed by atoms with E-state index in [1.54, 1.807) is 7.11 Å². The molecule has 3 fully saturated rings. The number of carbonyl (C=O) groups excluding carboxylic acids is 1. The van der Waals surface area contributed by atoms with Crippen molar-refractivity contribution in [3.8, 4) is 0 Å². The van der Waals surface area contributed by atoms with E-state index >= 15 is 0 Å². The number of morpholine rings is 1. The first kappa shape index (κ1) is 17.1. The standard InChI is InChI=1S/C17H30N2O4/c1-21-7-2-5-18-6-10-23-16-13-19(12-15(16)18)17(20)11-14-3-8-22-9-4-14/h14-16H,2-13H2,1H3/t15-,16-/m0/s1. The van der Waals surface area contributed by atoms with Crippen molar-refractivity contribution in [2.45, 2.75) is 37.8 Å². The average Bonchev–Trinajstić information content (AvgIpc) is 3.01. The van der Waals surface area contributed by atoms with Gasteiger partial charge in [0.1, 0.15) is 0 Å². The zero-order valence-electron chi connectivity index (χ0n) is 14.2. The number of hydrogen-bond acceptors (Lipinski definition) is 5. The Morgan fingerprint density at radius 1 is 1.22 bits per heavy atom. The highest BCUT2D eigenvalue weighted by atomic mass is 16.5. The third kappa shape index (κ3) is 4.44. The average molecular weight is 326 g/mol. The van der Waals surface area contributed by atoms with Gasteiger partial charge in [0.25, 0.3) is 0 Å². The molecule has 0 saturated carbocycles. The highest BCUT2D eigenvalue weighted by Crippen LogP contribution is 2.26. The molecule has 6 heteroatoms. The van der Waals surface area contributed by atoms with Crippen LogP contribution in [0.3, 0.4) is 0 Å². The number of hydrogen-bond donors (Lipinski definition) is 0. The van der Waals surface area contributed by atoms with E-state index in [4.69, 9.17) is 14.2 Å². The van der Waals surface area contributed by atoms with Crippen LogP contribution in [0.15, 0.2) is 0 Å². The molecule has 0 unspecified atom stereocenters. The summed E-state index contributed by atoms with van der Waals surface area (Å²) in [6.07, 6.45) is 3.94. The number of rotatable bonds is 6. The monoisotopic (exact) mass is 326 g/mol. The normalized spacial score (nSPS) is 29.7. The first-order valence-electron chi connectivity index (χ1n) is 8.98. The van der Waals surface area contributed by atoms with Gasteiger partial charge >= 0.3 is 0 Å². The molecule has 0 aromatic heterocycles. The molecule has 6 nitrogen and oxygen atoms in total. The lowest BCUT2D eigenvalue weighted by atomic mass is 9.96. The minimum Gasteiger partial charge on any atom is -0.385 e. The van der Waals surface area contributed by atoms with Crippen LogP contribution in [0.4, 0.5) is 0 Å². The Kier molecular flexibility index (Phi) is 6.28. The number of ether oxygens (including phenoxy) is 3. The van der Waals surface area contributed by atoms with Crippen LogP contribution in [-0.4, -0.2) is 87.6 Å². The Morgan fingerprint density at radius 2 is 2.04 bits per heavy atom. The molecule has 132 valence electrons. The van der Waals surface area contributed by atoms with Crippen molar-refractivity contribution in [1.29, 1.82) is 0 Å². The van der Waals surface area contributed by atoms with E-state index in [0.717, 1.165) is 71.9 Å². The van der Waals surface area contributed by atoms with Crippen molar-refractivity contribution < 1.29 is 19.0 Å². The van der Waals surface area contributed by atoms with E-state index < -0.39 is 0 Å². The number of carbonyl (C=O) groups is 1. The third-order valence-electron chi connectivity index (χ3n) is 5.37. The van der Waals surface area contributed by atoms with Crippen LogP contribution in [0.5, 0.6) is 0 Å². The van der Waals surface area contributed by atoms with Crippen LogP contribution in [0.1, 0.15) is 25.7 Å². The summed E-state index contributed by atoms with van der Waals surface area (Å²) in [6.45, 7) is 6.75. The zero-order valence-corrected chi connectivity index (χ0v) is 14.2. The van der Waals surface area contributed by atoms with Crippen molar-refractivity contribution in [3.63, 3.8) is 0 Å². The Labute approximate surface area is 139 Å². The molecule has 3 heterocycles. The van der Waals surface area contributed by atoms with Crippen molar-refractivity contribution in [3.05, 3.63) is 0 Å². The number of likely N-dealkylation sites (tertiary alicyclic amines) is 1. The fourth-order valence-corrected chi connectivity index (χ4v) is 3.98. The molecule has 0 aromatic rings. The number of fused-ring (bicyclic) bond motifs is 1. The summed E-state index contributed by atoms with van der Waals surface area (Å²) in [5, 5.41) is 0. The van der Waals surface area contributed by atoms with Gasteiger partial charge in [0.05, 0.1) is 18.8 Å². The van der Waals surface area contributed by atoms with Crippen molar-refractivity contribution in [1.82, 2.24) is 9.80 Å². The summed E-state index contributed by atoms with van der Waals surface area (Å²) < 4.78 is 16.5. The Hall–Kier alpha value is -0.690. The van der Waals surface area contributed by atoms with Crippen LogP contribution < -0.4 is 0 Å². The molecule has 0 aromatic carbocycles. The topological polar surface area (TPSA) is 51.2 Å². The highest BCUT2D eigenvalue weighted by Gasteiger charge is 2.41. The van der Waals surface area contributed by atoms with Gasteiger partial charge in [-0.05, 0) is 25.2 Å². The van der Waals surface area contributed by atoms with Crippen LogP contribution in [0, 0.1) is 5.92 Å². The molecule has 3 saturated heterocycles. The summed E-state index contributed by atoms with van der Waals surface area (Å²) in [5.41, 5.74) is 0. The maximum atomic E-state index is 12.6. The Bertz CT molecular complexity index is 387. The second-order valence-corrected chi connectivity index (χ2v) is 6.92. The van der Waals surface area contributed by atoms with E-state index in [2.05, 4.69) is 4.90 Å². The fraction of sp³-hybridized carbons (Fsp3) is 0.941. The smallest absolute Gasteiger partial charge is 0.222 e. The van der Waals surface area contributed by atoms with Gasteiger partial charge in [-0.25, -0.2) is 0 Å². The predicted molar refractivity (Wildman–Crippen MR) is 86.3 cm³/mol. The number of nitrogens with zero attached hydrogens (tertiary/aromatic N) is 2. The highest BCUT2D eigenvalue weighted by molar-refractivity contribution is 5.77. The molecule has 0 spiro atoms. The van der Waals surface area contributed by atoms with E-state index in [9.17, 15) is 4.79 Å². The van der Waals surface area contributed by atoms with Crippen LogP contribution in [0.2, 0.25) is 0 Å². The summed E-state index contributed by atoms with van der Waals surface area (Å²) >= 11 is 0. The number of amides is 1. The molecule has 1 amide bonds. The quantitative estimate of drug-likeness (QED) is 0.674. The molecular formula is C17H30N2O4. The second kappa shape index (κ2) is 8.42. The molecule has 0 bridgehead atoms. The van der Waals surface area contributed by atoms with E-state index in [-0.39, 0.29) is 6.10 Å². The third-order valence-corrected chi connectivity index (χ3v) is 5.37. The minimum atomic E-state index is 0.185. The van der Waals surface area contributed by atoms with Gasteiger partial charge < -0.3 is 19.1 Å². The van der Waals surface area contributed by atoms with Gasteiger partial charge in [0, 0.05) is 59.5 Å². The van der Waals surface area contributed by atoms with Gasteiger partial charge in [0.2, 0.25) is 5.91 Å². The van der Waals surface area contributed by atoms with Crippen LogP contribution in [0.25, 0.3) is 0 Å². The largest absolute Gasteiger partial charge is 0.385 e. The molecular weight excluding hydrogens is 296 g/mol. The fourth-order valence-electron chi connectivity index (χ4n) is 3.98. The summed E-state index contributed by atoms with van der Waals surface area (Å²) in [7, 11) is 1.74. The second-order valence-electron chi connectivity index (χ2n) is 6.92. The minimum absolute atomic E-state index is 0.185. The summed E-state index contributed by atoms with van der Waals surface area (Å²) in [5.74, 6) is 0.796. The SMILES string of the molecule is COCCCN1CCO[C@H]2CN(C(=O)CC3CCOCC3)C[C@@H]21. The van der Waals surface area contributed by atoms with E-state index in [1.807, 2.05) is 4.90 Å². The van der Waals surface area contributed by atoms with Crippen molar-refractivity contribution in [2.75, 3.05) is 59.7 Å². The molecule has 3 aliphatic rings. The molecule has 0 radical (unpaired) electrons. The molecule has 0 aliphatic carbocycles. The van der Waals surface area contributed by atoms with Gasteiger partial charge in [0.15, 0.2) is 0 Å². The maximum absolute atomic E-state index is 12.6. The van der Waals surface area contributed by atoms with Crippen molar-refractivity contribution >= 4 is 5.91 Å². The van der Waals surface area contributed by atoms with Crippen LogP contribution in [-0.2, 0) is 19.0 Å². The summed E-state index contributed by atoms with van der Waals surface area (Å²) in [6, 6.07) is 0.360. The predicted octanol–water partition coefficient (Wildman–Crippen LogP) is 0.751. The molecule has 3 rings (SSSR count). The lowest BCUT2D eigenvalue weighted by Gasteiger charge is -2.36. The van der Waals surface area contributed by atoms with E-state index in [1.165, 1.54) is 0 Å². The molecule has 2 atom stereocenters. The molecule has 23 heavy (non-hydrogen) atoms. The Balaban J connectivity index is 1.49. The summed E-state index contributed by atoms with van der Waals surface area (Å²) in [4.78, 5) is 17.1. The number of methoxy groups -OCH3 is 1.